The summed E-state index contributed by atoms with van der Waals surface area (Å²) in [6, 6.07) is 5.35. The lowest BCUT2D eigenvalue weighted by molar-refractivity contribution is 0.0520. The molecule has 0 saturated heterocycles. The number of rotatable bonds is 7. The molecule has 7 heteroatoms. The smallest absolute Gasteiger partial charge is 0.357 e. The van der Waals surface area contributed by atoms with E-state index in [1.54, 1.807) is 24.4 Å². The van der Waals surface area contributed by atoms with Crippen molar-refractivity contribution in [3.05, 3.63) is 34.3 Å². The van der Waals surface area contributed by atoms with Crippen LogP contribution in [0.3, 0.4) is 0 Å². The van der Waals surface area contributed by atoms with Gasteiger partial charge in [0, 0.05) is 10.4 Å². The quantitative estimate of drug-likeness (QED) is 0.727. The van der Waals surface area contributed by atoms with Gasteiger partial charge in [-0.25, -0.2) is 9.78 Å². The lowest BCUT2D eigenvalue weighted by atomic mass is 10.2. The van der Waals surface area contributed by atoms with E-state index in [2.05, 4.69) is 24.1 Å². The molecule has 0 fully saturated rings. The molecule has 2 rings (SSSR count). The molecule has 0 bridgehead atoms. The van der Waals surface area contributed by atoms with E-state index in [0.29, 0.717) is 40.7 Å². The Morgan fingerprint density at radius 3 is 2.91 bits per heavy atom. The van der Waals surface area contributed by atoms with E-state index in [4.69, 9.17) is 21.1 Å². The third-order valence-electron chi connectivity index (χ3n) is 2.74. The molecule has 0 aliphatic carbocycles. The maximum atomic E-state index is 11.7. The van der Waals surface area contributed by atoms with Gasteiger partial charge in [-0.2, -0.15) is 0 Å². The van der Waals surface area contributed by atoms with E-state index in [9.17, 15) is 4.79 Å². The predicted octanol–water partition coefficient (Wildman–Crippen LogP) is 4.75. The van der Waals surface area contributed by atoms with Crippen LogP contribution >= 0.6 is 22.9 Å². The zero-order valence-corrected chi connectivity index (χ0v) is 14.8. The Morgan fingerprint density at radius 2 is 2.22 bits per heavy atom. The number of nitrogens with one attached hydrogen (secondary N) is 1. The van der Waals surface area contributed by atoms with Crippen molar-refractivity contribution in [2.24, 2.45) is 5.92 Å². The van der Waals surface area contributed by atoms with Crippen LogP contribution in [0.15, 0.2) is 23.6 Å². The minimum Gasteiger partial charge on any atom is -0.491 e. The second kappa shape index (κ2) is 8.17. The zero-order chi connectivity index (χ0) is 16.8. The molecule has 0 unspecified atom stereocenters. The molecule has 5 nitrogen and oxygen atoms in total. The molecule has 0 aliphatic rings. The maximum Gasteiger partial charge on any atom is 0.357 e. The number of thiazole rings is 1. The number of hydrogen-bond donors (Lipinski definition) is 1. The first-order chi connectivity index (χ1) is 11.0. The van der Waals surface area contributed by atoms with Crippen LogP contribution in [-0.2, 0) is 4.74 Å². The number of nitrogens with zero attached hydrogens (tertiary/aromatic N) is 1. The first-order valence-corrected chi connectivity index (χ1v) is 8.57. The number of ether oxygens (including phenoxy) is 2. The molecule has 0 aliphatic heterocycles. The van der Waals surface area contributed by atoms with Gasteiger partial charge in [-0.1, -0.05) is 25.4 Å². The molecule has 0 atom stereocenters. The summed E-state index contributed by atoms with van der Waals surface area (Å²) in [6.45, 7) is 6.83. The van der Waals surface area contributed by atoms with Crippen LogP contribution < -0.4 is 10.1 Å². The van der Waals surface area contributed by atoms with E-state index >= 15 is 0 Å². The SMILES string of the molecule is CCOC(=O)c1csc(Nc2cc(Cl)ccc2OCC(C)C)n1. The molecule has 0 saturated carbocycles. The van der Waals surface area contributed by atoms with Gasteiger partial charge in [0.1, 0.15) is 5.75 Å². The van der Waals surface area contributed by atoms with Crippen LogP contribution in [0.4, 0.5) is 10.8 Å². The van der Waals surface area contributed by atoms with Gasteiger partial charge < -0.3 is 14.8 Å². The summed E-state index contributed by atoms with van der Waals surface area (Å²) in [6.07, 6.45) is 0. The van der Waals surface area contributed by atoms with Gasteiger partial charge in [-0.3, -0.25) is 0 Å². The molecular formula is C16H19ClN2O3S. The van der Waals surface area contributed by atoms with Crippen molar-refractivity contribution in [1.82, 2.24) is 4.98 Å². The van der Waals surface area contributed by atoms with E-state index in [1.165, 1.54) is 11.3 Å². The Hall–Kier alpha value is -1.79. The minimum atomic E-state index is -0.431. The highest BCUT2D eigenvalue weighted by Crippen LogP contribution is 2.32. The number of benzene rings is 1. The molecule has 1 aromatic heterocycles. The van der Waals surface area contributed by atoms with Gasteiger partial charge in [0.05, 0.1) is 18.9 Å². The normalized spacial score (nSPS) is 10.7. The fourth-order valence-corrected chi connectivity index (χ4v) is 2.59. The van der Waals surface area contributed by atoms with Crippen molar-refractivity contribution in [1.29, 1.82) is 0 Å². The Kier molecular flexibility index (Phi) is 6.24. The average molecular weight is 355 g/mol. The monoisotopic (exact) mass is 354 g/mol. The summed E-state index contributed by atoms with van der Waals surface area (Å²) in [4.78, 5) is 15.9. The van der Waals surface area contributed by atoms with E-state index < -0.39 is 5.97 Å². The summed E-state index contributed by atoms with van der Waals surface area (Å²) in [7, 11) is 0. The number of esters is 1. The van der Waals surface area contributed by atoms with Gasteiger partial charge in [-0.15, -0.1) is 11.3 Å². The van der Waals surface area contributed by atoms with Crippen molar-refractivity contribution in [2.75, 3.05) is 18.5 Å². The second-order valence-electron chi connectivity index (χ2n) is 5.23. The van der Waals surface area contributed by atoms with Gasteiger partial charge >= 0.3 is 5.97 Å². The fraction of sp³-hybridized carbons (Fsp3) is 0.375. The van der Waals surface area contributed by atoms with Crippen molar-refractivity contribution >= 4 is 39.7 Å². The van der Waals surface area contributed by atoms with E-state index in [-0.39, 0.29) is 5.69 Å². The second-order valence-corrected chi connectivity index (χ2v) is 6.52. The zero-order valence-electron chi connectivity index (χ0n) is 13.3. The predicted molar refractivity (Wildman–Crippen MR) is 93.1 cm³/mol. The number of carbonyl (C=O) groups is 1. The highest BCUT2D eigenvalue weighted by molar-refractivity contribution is 7.14. The molecular weight excluding hydrogens is 336 g/mol. The first-order valence-electron chi connectivity index (χ1n) is 7.31. The van der Waals surface area contributed by atoms with Crippen LogP contribution in [0.25, 0.3) is 0 Å². The molecule has 1 N–H and O–H groups in total. The van der Waals surface area contributed by atoms with Gasteiger partial charge in [0.15, 0.2) is 10.8 Å². The Bertz CT molecular complexity index is 673. The number of carbonyl (C=O) groups excluding carboxylic acids is 1. The van der Waals surface area contributed by atoms with Crippen molar-refractivity contribution in [3.8, 4) is 5.75 Å². The molecule has 2 aromatic rings. The lowest BCUT2D eigenvalue weighted by Crippen LogP contribution is -2.06. The van der Waals surface area contributed by atoms with Crippen LogP contribution in [-0.4, -0.2) is 24.2 Å². The number of halogens is 1. The van der Waals surface area contributed by atoms with Crippen LogP contribution in [0.1, 0.15) is 31.3 Å². The Balaban J connectivity index is 2.15. The van der Waals surface area contributed by atoms with Crippen molar-refractivity contribution < 1.29 is 14.3 Å². The largest absolute Gasteiger partial charge is 0.491 e. The highest BCUT2D eigenvalue weighted by Gasteiger charge is 2.13. The Morgan fingerprint density at radius 1 is 1.43 bits per heavy atom. The van der Waals surface area contributed by atoms with Crippen molar-refractivity contribution in [3.63, 3.8) is 0 Å². The lowest BCUT2D eigenvalue weighted by Gasteiger charge is -2.13. The summed E-state index contributed by atoms with van der Waals surface area (Å²) < 4.78 is 10.7. The summed E-state index contributed by atoms with van der Waals surface area (Å²) in [5, 5.41) is 5.96. The summed E-state index contributed by atoms with van der Waals surface area (Å²) >= 11 is 7.37. The molecule has 0 radical (unpaired) electrons. The molecule has 124 valence electrons. The topological polar surface area (TPSA) is 60.5 Å². The van der Waals surface area contributed by atoms with Crippen LogP contribution in [0.2, 0.25) is 5.02 Å². The molecule has 1 heterocycles. The highest BCUT2D eigenvalue weighted by atomic mass is 35.5. The molecule has 1 aromatic carbocycles. The van der Waals surface area contributed by atoms with Gasteiger partial charge in [0.25, 0.3) is 0 Å². The third kappa shape index (κ3) is 5.11. The first kappa shape index (κ1) is 17.6. The third-order valence-corrected chi connectivity index (χ3v) is 3.74. The minimum absolute atomic E-state index is 0.283. The van der Waals surface area contributed by atoms with E-state index in [0.717, 1.165) is 0 Å². The summed E-state index contributed by atoms with van der Waals surface area (Å²) in [5.74, 6) is 0.670. The van der Waals surface area contributed by atoms with Crippen molar-refractivity contribution in [2.45, 2.75) is 20.8 Å². The molecule has 23 heavy (non-hydrogen) atoms. The van der Waals surface area contributed by atoms with Crippen LogP contribution in [0.5, 0.6) is 5.75 Å². The standard InChI is InChI=1S/C16H19ClN2O3S/c1-4-21-15(20)13-9-23-16(19-13)18-12-7-11(17)5-6-14(12)22-8-10(2)3/h5-7,9-10H,4,8H2,1-3H3,(H,18,19). The number of anilines is 2. The average Bonchev–Trinajstić information content (AvgIpc) is 2.95. The fourth-order valence-electron chi connectivity index (χ4n) is 1.73. The van der Waals surface area contributed by atoms with Crippen LogP contribution in [0, 0.1) is 5.92 Å². The van der Waals surface area contributed by atoms with E-state index in [1.807, 2.05) is 6.07 Å². The molecule has 0 spiro atoms. The number of hydrogen-bond acceptors (Lipinski definition) is 6. The maximum absolute atomic E-state index is 11.7. The molecule has 0 amide bonds. The van der Waals surface area contributed by atoms with Gasteiger partial charge in [-0.05, 0) is 31.0 Å². The number of aromatic nitrogens is 1. The van der Waals surface area contributed by atoms with Gasteiger partial charge in [0.2, 0.25) is 0 Å². The summed E-state index contributed by atoms with van der Waals surface area (Å²) in [5.41, 5.74) is 0.994. The Labute approximate surface area is 144 Å².